The molecule has 1 aromatic heterocycles. The highest BCUT2D eigenvalue weighted by atomic mass is 16.3. The van der Waals surface area contributed by atoms with Crippen LogP contribution in [0.15, 0.2) is 18.3 Å². The molecule has 1 aliphatic rings. The van der Waals surface area contributed by atoms with Crippen molar-refractivity contribution in [3.8, 4) is 0 Å². The monoisotopic (exact) mass is 277 g/mol. The van der Waals surface area contributed by atoms with Crippen LogP contribution in [0.25, 0.3) is 0 Å². The van der Waals surface area contributed by atoms with Crippen molar-refractivity contribution >= 4 is 11.7 Å². The summed E-state index contributed by atoms with van der Waals surface area (Å²) in [6, 6.07) is 3.79. The van der Waals surface area contributed by atoms with E-state index >= 15 is 0 Å². The molecule has 0 radical (unpaired) electrons. The topological polar surface area (TPSA) is 65.5 Å². The smallest absolute Gasteiger partial charge is 0.254 e. The van der Waals surface area contributed by atoms with Crippen LogP contribution < -0.4 is 5.32 Å². The lowest BCUT2D eigenvalue weighted by atomic mass is 10.1. The number of nitrogens with zero attached hydrogens (tertiary/aromatic N) is 2. The second-order valence-corrected chi connectivity index (χ2v) is 5.12. The molecule has 2 N–H and O–H groups in total. The van der Waals surface area contributed by atoms with Crippen molar-refractivity contribution in [2.45, 2.75) is 38.6 Å². The largest absolute Gasteiger partial charge is 0.395 e. The number of rotatable bonds is 6. The molecule has 5 nitrogen and oxygen atoms in total. The molecule has 1 fully saturated rings. The summed E-state index contributed by atoms with van der Waals surface area (Å²) in [4.78, 5) is 18.6. The number of aliphatic hydroxyl groups excluding tert-OH is 1. The van der Waals surface area contributed by atoms with Crippen LogP contribution in [0.2, 0.25) is 0 Å². The van der Waals surface area contributed by atoms with Gasteiger partial charge in [0.2, 0.25) is 0 Å². The molecule has 0 aliphatic heterocycles. The number of carbonyl (C=O) groups excluding carboxylic acids is 1. The summed E-state index contributed by atoms with van der Waals surface area (Å²) in [6.45, 7) is 3.18. The van der Waals surface area contributed by atoms with Crippen LogP contribution in [-0.4, -0.2) is 46.6 Å². The fourth-order valence-electron chi connectivity index (χ4n) is 2.78. The van der Waals surface area contributed by atoms with E-state index in [4.69, 9.17) is 0 Å². The number of aliphatic hydroxyl groups is 1. The third-order valence-electron chi connectivity index (χ3n) is 3.73. The Hall–Kier alpha value is -1.62. The predicted octanol–water partition coefficient (Wildman–Crippen LogP) is 1.89. The minimum atomic E-state index is -0.00694. The lowest BCUT2D eigenvalue weighted by Crippen LogP contribution is -2.40. The summed E-state index contributed by atoms with van der Waals surface area (Å²) < 4.78 is 0. The quantitative estimate of drug-likeness (QED) is 0.833. The summed E-state index contributed by atoms with van der Waals surface area (Å²) >= 11 is 0. The molecular formula is C15H23N3O2. The van der Waals surface area contributed by atoms with Crippen molar-refractivity contribution in [2.75, 3.05) is 25.0 Å². The molecule has 2 rings (SSSR count). The zero-order chi connectivity index (χ0) is 14.4. The van der Waals surface area contributed by atoms with Crippen molar-refractivity contribution in [3.63, 3.8) is 0 Å². The van der Waals surface area contributed by atoms with E-state index in [0.717, 1.165) is 19.4 Å². The number of anilines is 1. The van der Waals surface area contributed by atoms with Gasteiger partial charge in [0.1, 0.15) is 5.82 Å². The van der Waals surface area contributed by atoms with Gasteiger partial charge in [-0.05, 0) is 31.9 Å². The fraction of sp³-hybridized carbons (Fsp3) is 0.600. The maximum Gasteiger partial charge on any atom is 0.254 e. The van der Waals surface area contributed by atoms with Crippen molar-refractivity contribution in [1.29, 1.82) is 0 Å². The predicted molar refractivity (Wildman–Crippen MR) is 78.8 cm³/mol. The summed E-state index contributed by atoms with van der Waals surface area (Å²) in [7, 11) is 0. The van der Waals surface area contributed by atoms with E-state index in [-0.39, 0.29) is 18.6 Å². The zero-order valence-corrected chi connectivity index (χ0v) is 12.0. The highest BCUT2D eigenvalue weighted by Crippen LogP contribution is 2.25. The molecular weight excluding hydrogens is 254 g/mol. The van der Waals surface area contributed by atoms with Crippen LogP contribution in [0.5, 0.6) is 0 Å². The van der Waals surface area contributed by atoms with Crippen LogP contribution in [0, 0.1) is 0 Å². The van der Waals surface area contributed by atoms with E-state index in [1.807, 2.05) is 11.8 Å². The molecule has 1 saturated carbocycles. The normalized spacial score (nSPS) is 15.3. The van der Waals surface area contributed by atoms with Gasteiger partial charge in [-0.1, -0.05) is 12.8 Å². The zero-order valence-electron chi connectivity index (χ0n) is 12.0. The van der Waals surface area contributed by atoms with Crippen LogP contribution in [0.3, 0.4) is 0 Å². The third-order valence-corrected chi connectivity index (χ3v) is 3.73. The Morgan fingerprint density at radius 1 is 1.50 bits per heavy atom. The second kappa shape index (κ2) is 7.24. The Kier molecular flexibility index (Phi) is 5.35. The molecule has 1 heterocycles. The number of amides is 1. The number of hydrogen-bond acceptors (Lipinski definition) is 4. The highest BCUT2D eigenvalue weighted by molar-refractivity contribution is 5.95. The minimum absolute atomic E-state index is 0.00694. The van der Waals surface area contributed by atoms with Crippen molar-refractivity contribution in [1.82, 2.24) is 9.88 Å². The molecule has 5 heteroatoms. The Morgan fingerprint density at radius 2 is 2.25 bits per heavy atom. The van der Waals surface area contributed by atoms with Gasteiger partial charge in [-0.3, -0.25) is 4.79 Å². The van der Waals surface area contributed by atoms with Gasteiger partial charge in [-0.15, -0.1) is 0 Å². The molecule has 20 heavy (non-hydrogen) atoms. The maximum atomic E-state index is 12.6. The summed E-state index contributed by atoms with van der Waals surface area (Å²) in [5, 5.41) is 12.3. The van der Waals surface area contributed by atoms with Crippen LogP contribution >= 0.6 is 0 Å². The molecule has 0 atom stereocenters. The summed E-state index contributed by atoms with van der Waals surface area (Å²) in [5.74, 6) is 0.709. The van der Waals surface area contributed by atoms with E-state index in [1.165, 1.54) is 12.8 Å². The van der Waals surface area contributed by atoms with Gasteiger partial charge < -0.3 is 15.3 Å². The van der Waals surface area contributed by atoms with Gasteiger partial charge in [0.15, 0.2) is 0 Å². The van der Waals surface area contributed by atoms with Gasteiger partial charge in [-0.25, -0.2) is 4.98 Å². The number of nitrogens with one attached hydrogen (secondary N) is 1. The first-order valence-electron chi connectivity index (χ1n) is 7.38. The third kappa shape index (κ3) is 3.48. The fourth-order valence-corrected chi connectivity index (χ4v) is 2.78. The van der Waals surface area contributed by atoms with Crippen LogP contribution in [-0.2, 0) is 0 Å². The lowest BCUT2D eigenvalue weighted by Gasteiger charge is -2.28. The van der Waals surface area contributed by atoms with Crippen LogP contribution in [0.4, 0.5) is 5.82 Å². The molecule has 0 bridgehead atoms. The van der Waals surface area contributed by atoms with Gasteiger partial charge >= 0.3 is 0 Å². The van der Waals surface area contributed by atoms with Crippen molar-refractivity contribution in [3.05, 3.63) is 23.9 Å². The van der Waals surface area contributed by atoms with Gasteiger partial charge in [0.25, 0.3) is 5.91 Å². The molecule has 110 valence electrons. The van der Waals surface area contributed by atoms with Crippen molar-refractivity contribution < 1.29 is 9.90 Å². The number of pyridine rings is 1. The minimum Gasteiger partial charge on any atom is -0.395 e. The maximum absolute atomic E-state index is 12.6. The van der Waals surface area contributed by atoms with E-state index in [0.29, 0.717) is 17.9 Å². The van der Waals surface area contributed by atoms with E-state index in [2.05, 4.69) is 10.3 Å². The van der Waals surface area contributed by atoms with Gasteiger partial charge in [0.05, 0.1) is 6.61 Å². The average molecular weight is 277 g/mol. The molecule has 0 aromatic carbocycles. The van der Waals surface area contributed by atoms with Gasteiger partial charge in [-0.2, -0.15) is 0 Å². The van der Waals surface area contributed by atoms with Crippen molar-refractivity contribution in [2.24, 2.45) is 0 Å². The SMILES string of the molecule is CCNc1cc(C(=O)N(CCO)C2CCCC2)ccn1. The number of carbonyl (C=O) groups is 1. The Balaban J connectivity index is 2.15. The first-order chi connectivity index (χ1) is 9.76. The van der Waals surface area contributed by atoms with Crippen LogP contribution in [0.1, 0.15) is 43.0 Å². The number of hydrogen-bond donors (Lipinski definition) is 2. The first-order valence-corrected chi connectivity index (χ1v) is 7.38. The van der Waals surface area contributed by atoms with E-state index < -0.39 is 0 Å². The standard InChI is InChI=1S/C15H23N3O2/c1-2-16-14-11-12(7-8-17-14)15(20)18(9-10-19)13-5-3-4-6-13/h7-8,11,13,19H,2-6,9-10H2,1H3,(H,16,17). The second-order valence-electron chi connectivity index (χ2n) is 5.12. The molecule has 1 aliphatic carbocycles. The Morgan fingerprint density at radius 3 is 2.90 bits per heavy atom. The highest BCUT2D eigenvalue weighted by Gasteiger charge is 2.27. The molecule has 0 unspecified atom stereocenters. The first kappa shape index (κ1) is 14.8. The van der Waals surface area contributed by atoms with Gasteiger partial charge in [0, 0.05) is 30.9 Å². The summed E-state index contributed by atoms with van der Waals surface area (Å²) in [5.41, 5.74) is 0.635. The lowest BCUT2D eigenvalue weighted by molar-refractivity contribution is 0.0638. The molecule has 1 amide bonds. The average Bonchev–Trinajstić information content (AvgIpc) is 2.98. The molecule has 0 saturated heterocycles. The van der Waals surface area contributed by atoms with E-state index in [1.54, 1.807) is 18.3 Å². The number of aromatic nitrogens is 1. The van der Waals surface area contributed by atoms with E-state index in [9.17, 15) is 9.90 Å². The Bertz CT molecular complexity index is 444. The summed E-state index contributed by atoms with van der Waals surface area (Å²) in [6.07, 6.45) is 6.06. The molecule has 1 aromatic rings. The Labute approximate surface area is 120 Å². The molecule has 0 spiro atoms.